The zero-order chi connectivity index (χ0) is 16.1. The summed E-state index contributed by atoms with van der Waals surface area (Å²) in [5, 5.41) is 13.7. The van der Waals surface area contributed by atoms with Gasteiger partial charge in [-0.2, -0.15) is 12.6 Å². The van der Waals surface area contributed by atoms with Gasteiger partial charge >= 0.3 is 5.97 Å². The van der Waals surface area contributed by atoms with E-state index in [0.29, 0.717) is 0 Å². The third-order valence-electron chi connectivity index (χ3n) is 3.13. The molecular weight excluding hydrogens is 320 g/mol. The van der Waals surface area contributed by atoms with E-state index in [9.17, 15) is 9.59 Å². The summed E-state index contributed by atoms with van der Waals surface area (Å²) in [6.07, 6.45) is 0.964. The molecule has 0 radical (unpaired) electrons. The average molecular weight is 336 g/mol. The van der Waals surface area contributed by atoms with E-state index in [1.165, 1.54) is 16.9 Å². The first-order valence-corrected chi connectivity index (χ1v) is 8.25. The van der Waals surface area contributed by atoms with E-state index in [2.05, 4.69) is 29.9 Å². The number of thiazole rings is 1. The largest absolute Gasteiger partial charge is 0.480 e. The fourth-order valence-corrected chi connectivity index (χ4v) is 2.86. The van der Waals surface area contributed by atoms with Gasteiger partial charge < -0.3 is 10.4 Å². The number of amides is 1. The number of hydrogen-bond donors (Lipinski definition) is 3. The summed E-state index contributed by atoms with van der Waals surface area (Å²) in [5.41, 5.74) is 2.38. The number of carboxylic acids is 1. The number of carbonyl (C=O) groups excluding carboxylic acids is 1. The van der Waals surface area contributed by atoms with Crippen molar-refractivity contribution in [1.82, 2.24) is 10.3 Å². The Kier molecular flexibility index (Phi) is 5.57. The van der Waals surface area contributed by atoms with Crippen LogP contribution in [0.3, 0.4) is 0 Å². The number of aliphatic carboxylic acids is 1. The van der Waals surface area contributed by atoms with Crippen LogP contribution >= 0.6 is 24.0 Å². The van der Waals surface area contributed by atoms with Gasteiger partial charge in [0.15, 0.2) is 0 Å². The number of carbonyl (C=O) groups is 2. The monoisotopic (exact) mass is 336 g/mol. The Morgan fingerprint density at radius 1 is 1.36 bits per heavy atom. The Morgan fingerprint density at radius 2 is 2.05 bits per heavy atom. The van der Waals surface area contributed by atoms with E-state index >= 15 is 0 Å². The molecule has 1 aromatic carbocycles. The second kappa shape index (κ2) is 7.42. The first kappa shape index (κ1) is 16.5. The standard InChI is InChI=1S/C15H16N2O3S2/c1-2-9-3-5-10(6-4-9)14-17-12(8-22-14)13(18)16-11(7-21)15(19)20/h3-6,8,11,21H,2,7H2,1H3,(H,16,18)(H,19,20). The molecule has 0 aliphatic carbocycles. The van der Waals surface area contributed by atoms with E-state index < -0.39 is 17.9 Å². The Bertz CT molecular complexity index is 668. The smallest absolute Gasteiger partial charge is 0.327 e. The molecule has 116 valence electrons. The molecule has 0 bridgehead atoms. The molecule has 0 saturated heterocycles. The fraction of sp³-hybridized carbons (Fsp3) is 0.267. The Hall–Kier alpha value is -1.86. The molecule has 1 atom stereocenters. The third-order valence-corrected chi connectivity index (χ3v) is 4.39. The normalized spacial score (nSPS) is 11.9. The molecule has 2 aromatic rings. The van der Waals surface area contributed by atoms with Crippen molar-refractivity contribution in [2.75, 3.05) is 5.75 Å². The number of nitrogens with one attached hydrogen (secondary N) is 1. The van der Waals surface area contributed by atoms with E-state index in [1.807, 2.05) is 24.3 Å². The van der Waals surface area contributed by atoms with E-state index in [-0.39, 0.29) is 11.4 Å². The maximum absolute atomic E-state index is 12.0. The van der Waals surface area contributed by atoms with Gasteiger partial charge in [-0.3, -0.25) is 4.79 Å². The molecule has 0 spiro atoms. The van der Waals surface area contributed by atoms with Crippen molar-refractivity contribution in [3.05, 3.63) is 40.9 Å². The van der Waals surface area contributed by atoms with Crippen LogP contribution in [0.1, 0.15) is 23.0 Å². The molecule has 5 nitrogen and oxygen atoms in total. The van der Waals surface area contributed by atoms with Crippen LogP contribution in [0.5, 0.6) is 0 Å². The topological polar surface area (TPSA) is 79.3 Å². The number of rotatable bonds is 6. The lowest BCUT2D eigenvalue weighted by molar-refractivity contribution is -0.138. The summed E-state index contributed by atoms with van der Waals surface area (Å²) in [7, 11) is 0. The van der Waals surface area contributed by atoms with Crippen molar-refractivity contribution in [1.29, 1.82) is 0 Å². The number of aryl methyl sites for hydroxylation is 1. The minimum Gasteiger partial charge on any atom is -0.480 e. The lowest BCUT2D eigenvalue weighted by Crippen LogP contribution is -2.42. The van der Waals surface area contributed by atoms with Gasteiger partial charge in [-0.1, -0.05) is 31.2 Å². The van der Waals surface area contributed by atoms with Crippen molar-refractivity contribution in [3.8, 4) is 10.6 Å². The van der Waals surface area contributed by atoms with Crippen LogP contribution in [0.15, 0.2) is 29.6 Å². The highest BCUT2D eigenvalue weighted by molar-refractivity contribution is 7.80. The zero-order valence-corrected chi connectivity index (χ0v) is 13.7. The Labute approximate surface area is 137 Å². The van der Waals surface area contributed by atoms with E-state index in [1.54, 1.807) is 5.38 Å². The van der Waals surface area contributed by atoms with Gasteiger partial charge in [0.25, 0.3) is 5.91 Å². The maximum atomic E-state index is 12.0. The lowest BCUT2D eigenvalue weighted by atomic mass is 10.1. The van der Waals surface area contributed by atoms with Gasteiger partial charge in [-0.25, -0.2) is 9.78 Å². The summed E-state index contributed by atoms with van der Waals surface area (Å²) < 4.78 is 0. The highest BCUT2D eigenvalue weighted by Gasteiger charge is 2.20. The number of aromatic nitrogens is 1. The highest BCUT2D eigenvalue weighted by atomic mass is 32.1. The molecule has 2 N–H and O–H groups in total. The lowest BCUT2D eigenvalue weighted by Gasteiger charge is -2.10. The molecule has 1 aromatic heterocycles. The number of carboxylic acid groups (broad SMARTS) is 1. The molecule has 0 aliphatic heterocycles. The summed E-state index contributed by atoms with van der Waals surface area (Å²) in [4.78, 5) is 27.2. The van der Waals surface area contributed by atoms with Crippen LogP contribution < -0.4 is 5.32 Å². The van der Waals surface area contributed by atoms with Crippen molar-refractivity contribution in [2.45, 2.75) is 19.4 Å². The van der Waals surface area contributed by atoms with Gasteiger partial charge in [0.2, 0.25) is 0 Å². The van der Waals surface area contributed by atoms with Crippen LogP contribution in [-0.4, -0.2) is 33.8 Å². The second-order valence-electron chi connectivity index (χ2n) is 4.64. The predicted octanol–water partition coefficient (Wildman–Crippen LogP) is 2.49. The first-order valence-electron chi connectivity index (χ1n) is 6.74. The zero-order valence-electron chi connectivity index (χ0n) is 11.9. The second-order valence-corrected chi connectivity index (χ2v) is 5.86. The molecule has 2 rings (SSSR count). The van der Waals surface area contributed by atoms with Gasteiger partial charge in [-0.05, 0) is 12.0 Å². The molecule has 1 heterocycles. The molecule has 0 aliphatic rings. The third kappa shape index (κ3) is 3.86. The van der Waals surface area contributed by atoms with Crippen molar-refractivity contribution in [2.24, 2.45) is 0 Å². The number of thiol groups is 1. The van der Waals surface area contributed by atoms with Gasteiger partial charge in [0.05, 0.1) is 0 Å². The molecule has 22 heavy (non-hydrogen) atoms. The van der Waals surface area contributed by atoms with Crippen molar-refractivity contribution < 1.29 is 14.7 Å². The molecule has 0 saturated carbocycles. The Morgan fingerprint density at radius 3 is 2.59 bits per heavy atom. The fourth-order valence-electron chi connectivity index (χ4n) is 1.81. The molecule has 7 heteroatoms. The number of benzene rings is 1. The van der Waals surface area contributed by atoms with E-state index in [4.69, 9.17) is 5.11 Å². The molecular formula is C15H16N2O3S2. The van der Waals surface area contributed by atoms with Gasteiger partial charge in [0, 0.05) is 16.7 Å². The van der Waals surface area contributed by atoms with Crippen molar-refractivity contribution in [3.63, 3.8) is 0 Å². The maximum Gasteiger partial charge on any atom is 0.327 e. The van der Waals surface area contributed by atoms with Crippen LogP contribution in [0, 0.1) is 0 Å². The van der Waals surface area contributed by atoms with Crippen LogP contribution in [0.4, 0.5) is 0 Å². The SMILES string of the molecule is CCc1ccc(-c2nc(C(=O)NC(CS)C(=O)O)cs2)cc1. The first-order chi connectivity index (χ1) is 10.5. The molecule has 0 fully saturated rings. The minimum atomic E-state index is -1.12. The van der Waals surface area contributed by atoms with E-state index in [0.717, 1.165) is 17.0 Å². The van der Waals surface area contributed by atoms with Crippen LogP contribution in [-0.2, 0) is 11.2 Å². The average Bonchev–Trinajstić information content (AvgIpc) is 3.02. The summed E-state index contributed by atoms with van der Waals surface area (Å²) in [5.74, 6) is -1.60. The summed E-state index contributed by atoms with van der Waals surface area (Å²) in [6, 6.07) is 6.96. The number of hydrogen-bond acceptors (Lipinski definition) is 5. The van der Waals surface area contributed by atoms with Gasteiger partial charge in [0.1, 0.15) is 16.7 Å². The minimum absolute atomic E-state index is 0.0244. The van der Waals surface area contributed by atoms with Crippen molar-refractivity contribution >= 4 is 35.8 Å². The highest BCUT2D eigenvalue weighted by Crippen LogP contribution is 2.24. The Balaban J connectivity index is 2.13. The van der Waals surface area contributed by atoms with Crippen LogP contribution in [0.25, 0.3) is 10.6 Å². The quantitative estimate of drug-likeness (QED) is 0.708. The van der Waals surface area contributed by atoms with Crippen LogP contribution in [0.2, 0.25) is 0 Å². The predicted molar refractivity (Wildman–Crippen MR) is 89.7 cm³/mol. The van der Waals surface area contributed by atoms with Gasteiger partial charge in [-0.15, -0.1) is 11.3 Å². The summed E-state index contributed by atoms with van der Waals surface area (Å²) in [6.45, 7) is 2.08. The molecule has 1 amide bonds. The summed E-state index contributed by atoms with van der Waals surface area (Å²) >= 11 is 5.26. The number of nitrogens with zero attached hydrogens (tertiary/aromatic N) is 1. The molecule has 1 unspecified atom stereocenters.